The van der Waals surface area contributed by atoms with Crippen LogP contribution in [0.25, 0.3) is 38.8 Å². The van der Waals surface area contributed by atoms with Crippen molar-refractivity contribution >= 4 is 33.2 Å². The molecule has 0 amide bonds. The van der Waals surface area contributed by atoms with Crippen LogP contribution in [-0.4, -0.2) is 16.2 Å². The fourth-order valence-corrected chi connectivity index (χ4v) is 9.21. The van der Waals surface area contributed by atoms with Crippen LogP contribution in [-0.2, 0) is 16.2 Å². The summed E-state index contributed by atoms with van der Waals surface area (Å²) < 4.78 is 9.40. The number of aromatic nitrogens is 2. The zero-order chi connectivity index (χ0) is 45.2. The molecule has 3 heterocycles. The number of rotatable bonds is 8. The molecule has 0 N–H and O–H groups in total. The van der Waals surface area contributed by atoms with Crippen molar-refractivity contribution in [1.29, 1.82) is 0 Å². The molecule has 64 heavy (non-hydrogen) atoms. The van der Waals surface area contributed by atoms with E-state index in [1.165, 1.54) is 55.5 Å². The van der Waals surface area contributed by atoms with Gasteiger partial charge in [0, 0.05) is 63.2 Å². The van der Waals surface area contributed by atoms with Crippen molar-refractivity contribution in [3.8, 4) is 28.4 Å². The first-order valence-electron chi connectivity index (χ1n) is 22.7. The molecule has 1 aliphatic rings. The Balaban J connectivity index is 1.15. The van der Waals surface area contributed by atoms with Crippen LogP contribution in [0.2, 0.25) is 0 Å². The van der Waals surface area contributed by atoms with Crippen LogP contribution in [0.3, 0.4) is 0 Å². The molecule has 0 atom stereocenters. The molecular formula is C59H62N4O. The number of para-hydroxylation sites is 1. The zero-order valence-electron chi connectivity index (χ0n) is 39.5. The minimum atomic E-state index is -0.355. The highest BCUT2D eigenvalue weighted by molar-refractivity contribution is 6.11. The summed E-state index contributed by atoms with van der Waals surface area (Å²) in [7, 11) is 0. The Kier molecular flexibility index (Phi) is 10.6. The zero-order valence-corrected chi connectivity index (χ0v) is 39.5. The SMILES string of the molecule is CC(C)(C)C1=CN(c2cc(-c3ccccc3)cc(C(C)(C)C)c2)CN1c1cccc(Oc2cc(C(C)(C)c3ccccc3)c3c4ccccc4n(-c4cc(C(C)(C)C)ccn4)c3c2)c1. The van der Waals surface area contributed by atoms with Crippen molar-refractivity contribution in [2.45, 2.75) is 92.4 Å². The van der Waals surface area contributed by atoms with E-state index in [1.807, 2.05) is 6.20 Å². The maximum absolute atomic E-state index is 7.08. The maximum Gasteiger partial charge on any atom is 0.137 e. The van der Waals surface area contributed by atoms with E-state index in [2.05, 4.69) is 248 Å². The predicted molar refractivity (Wildman–Crippen MR) is 270 cm³/mol. The van der Waals surface area contributed by atoms with E-state index >= 15 is 0 Å². The molecule has 8 aromatic rings. The monoisotopic (exact) mass is 842 g/mol. The van der Waals surface area contributed by atoms with Crippen molar-refractivity contribution in [3.05, 3.63) is 192 Å². The second-order valence-corrected chi connectivity index (χ2v) is 21.1. The van der Waals surface area contributed by atoms with Gasteiger partial charge in [0.2, 0.25) is 0 Å². The number of hydrogen-bond donors (Lipinski definition) is 0. The van der Waals surface area contributed by atoms with Gasteiger partial charge in [0.15, 0.2) is 0 Å². The third-order valence-electron chi connectivity index (χ3n) is 13.0. The molecule has 5 heteroatoms. The van der Waals surface area contributed by atoms with Gasteiger partial charge in [0.05, 0.1) is 17.7 Å². The molecule has 2 aromatic heterocycles. The molecule has 0 unspecified atom stereocenters. The van der Waals surface area contributed by atoms with Crippen molar-refractivity contribution in [2.75, 3.05) is 16.5 Å². The van der Waals surface area contributed by atoms with Crippen molar-refractivity contribution < 1.29 is 4.74 Å². The van der Waals surface area contributed by atoms with Gasteiger partial charge in [-0.25, -0.2) is 4.98 Å². The van der Waals surface area contributed by atoms with Gasteiger partial charge in [-0.2, -0.15) is 0 Å². The normalized spacial score (nSPS) is 13.8. The van der Waals surface area contributed by atoms with Gasteiger partial charge in [-0.1, -0.05) is 167 Å². The molecule has 5 nitrogen and oxygen atoms in total. The van der Waals surface area contributed by atoms with E-state index in [0.29, 0.717) is 6.67 Å². The quantitative estimate of drug-likeness (QED) is 0.153. The second-order valence-electron chi connectivity index (χ2n) is 21.1. The van der Waals surface area contributed by atoms with E-state index in [9.17, 15) is 0 Å². The molecule has 0 radical (unpaired) electrons. The van der Waals surface area contributed by atoms with E-state index in [4.69, 9.17) is 9.72 Å². The molecule has 0 saturated carbocycles. The smallest absolute Gasteiger partial charge is 0.137 e. The van der Waals surface area contributed by atoms with Crippen LogP contribution in [0.4, 0.5) is 11.4 Å². The highest BCUT2D eigenvalue weighted by Crippen LogP contribution is 2.46. The second kappa shape index (κ2) is 15.9. The molecular weight excluding hydrogens is 781 g/mol. The highest BCUT2D eigenvalue weighted by atomic mass is 16.5. The van der Waals surface area contributed by atoms with E-state index in [0.717, 1.165) is 34.0 Å². The Morgan fingerprint density at radius 2 is 1.19 bits per heavy atom. The Hall–Kier alpha value is -6.59. The Morgan fingerprint density at radius 3 is 1.89 bits per heavy atom. The number of nitrogens with zero attached hydrogens (tertiary/aromatic N) is 4. The topological polar surface area (TPSA) is 33.5 Å². The molecule has 0 aliphatic carbocycles. The summed E-state index contributed by atoms with van der Waals surface area (Å²) in [5.41, 5.74) is 12.6. The molecule has 9 rings (SSSR count). The van der Waals surface area contributed by atoms with Crippen LogP contribution < -0.4 is 14.5 Å². The van der Waals surface area contributed by atoms with Crippen LogP contribution in [0.1, 0.15) is 98.4 Å². The van der Waals surface area contributed by atoms with Gasteiger partial charge in [-0.3, -0.25) is 4.57 Å². The van der Waals surface area contributed by atoms with Crippen LogP contribution >= 0.6 is 0 Å². The standard InChI is InChI=1S/C59H62N4O/c1-56(2,3)43-29-30-60-54(34-43)63-51-28-19-18-27-49(51)55-50(59(10,11)42-23-16-13-17-24-42)36-48(37-52(55)63)64-47-26-20-25-45(35-47)62-39-61(38-53(62)58(7,8)9)46-32-41(40-21-14-12-15-22-40)31-44(33-46)57(4,5)6/h12-38H,39H2,1-11H3. The summed E-state index contributed by atoms with van der Waals surface area (Å²) in [6, 6.07) is 54.8. The number of ether oxygens (including phenoxy) is 1. The summed E-state index contributed by atoms with van der Waals surface area (Å²) in [6.45, 7) is 25.9. The number of benzene rings is 6. The first-order chi connectivity index (χ1) is 30.4. The molecule has 6 aromatic carbocycles. The highest BCUT2D eigenvalue weighted by Gasteiger charge is 2.33. The summed E-state index contributed by atoms with van der Waals surface area (Å²) in [4.78, 5) is 9.86. The number of fused-ring (bicyclic) bond motifs is 3. The third-order valence-corrected chi connectivity index (χ3v) is 13.0. The average molecular weight is 843 g/mol. The fourth-order valence-electron chi connectivity index (χ4n) is 9.21. The van der Waals surface area contributed by atoms with Gasteiger partial charge >= 0.3 is 0 Å². The minimum absolute atomic E-state index is 0.0122. The lowest BCUT2D eigenvalue weighted by molar-refractivity contribution is 0.479. The summed E-state index contributed by atoms with van der Waals surface area (Å²) in [5, 5.41) is 2.40. The van der Waals surface area contributed by atoms with Gasteiger partial charge in [0.25, 0.3) is 0 Å². The van der Waals surface area contributed by atoms with E-state index in [-0.39, 0.29) is 21.7 Å². The molecule has 0 saturated heterocycles. The maximum atomic E-state index is 7.08. The lowest BCUT2D eigenvalue weighted by Crippen LogP contribution is -2.30. The number of anilines is 2. The first-order valence-corrected chi connectivity index (χ1v) is 22.7. The molecule has 0 fully saturated rings. The number of hydrogen-bond acceptors (Lipinski definition) is 4. The molecule has 0 bridgehead atoms. The van der Waals surface area contributed by atoms with Gasteiger partial charge in [-0.15, -0.1) is 0 Å². The van der Waals surface area contributed by atoms with Crippen molar-refractivity contribution in [1.82, 2.24) is 9.55 Å². The lowest BCUT2D eigenvalue weighted by atomic mass is 9.76. The molecule has 0 spiro atoms. The summed E-state index contributed by atoms with van der Waals surface area (Å²) in [5.74, 6) is 2.45. The number of pyridine rings is 1. The lowest BCUT2D eigenvalue weighted by Gasteiger charge is -2.31. The van der Waals surface area contributed by atoms with Crippen LogP contribution in [0.5, 0.6) is 11.5 Å². The largest absolute Gasteiger partial charge is 0.457 e. The minimum Gasteiger partial charge on any atom is -0.457 e. The van der Waals surface area contributed by atoms with E-state index < -0.39 is 0 Å². The van der Waals surface area contributed by atoms with Gasteiger partial charge < -0.3 is 14.5 Å². The van der Waals surface area contributed by atoms with Crippen LogP contribution in [0, 0.1) is 5.41 Å². The van der Waals surface area contributed by atoms with Gasteiger partial charge in [0.1, 0.15) is 17.3 Å². The molecule has 1 aliphatic heterocycles. The molecule has 324 valence electrons. The Morgan fingerprint density at radius 1 is 0.500 bits per heavy atom. The van der Waals surface area contributed by atoms with E-state index in [1.54, 1.807) is 0 Å². The van der Waals surface area contributed by atoms with Crippen molar-refractivity contribution in [2.24, 2.45) is 5.41 Å². The predicted octanol–water partition coefficient (Wildman–Crippen LogP) is 15.7. The van der Waals surface area contributed by atoms with Gasteiger partial charge in [-0.05, 0) is 92.7 Å². The van der Waals surface area contributed by atoms with Crippen molar-refractivity contribution in [3.63, 3.8) is 0 Å². The average Bonchev–Trinajstić information content (AvgIpc) is 3.87. The number of allylic oxidation sites excluding steroid dienone is 1. The fraction of sp³-hybridized carbons (Fsp3) is 0.271. The third kappa shape index (κ3) is 8.09. The van der Waals surface area contributed by atoms with Crippen LogP contribution in [0.15, 0.2) is 170 Å². The Labute approximate surface area is 380 Å². The Bertz CT molecular complexity index is 3030. The first kappa shape index (κ1) is 42.7. The summed E-state index contributed by atoms with van der Waals surface area (Å²) >= 11 is 0. The summed E-state index contributed by atoms with van der Waals surface area (Å²) in [6.07, 6.45) is 4.29.